The first-order valence-corrected chi connectivity index (χ1v) is 5.68. The summed E-state index contributed by atoms with van der Waals surface area (Å²) in [4.78, 5) is 12.8. The van der Waals surface area contributed by atoms with Gasteiger partial charge in [-0.05, 0) is 24.2 Å². The zero-order chi connectivity index (χ0) is 13.5. The fraction of sp³-hybridized carbons (Fsp3) is 0.385. The summed E-state index contributed by atoms with van der Waals surface area (Å²) in [6.45, 7) is 3.47. The molecule has 0 aromatic heterocycles. The van der Waals surface area contributed by atoms with Crippen molar-refractivity contribution in [2.75, 3.05) is 20.2 Å². The maximum Gasteiger partial charge on any atom is 0.231 e. The van der Waals surface area contributed by atoms with Gasteiger partial charge in [0.05, 0.1) is 19.2 Å². The molecule has 0 fully saturated rings. The lowest BCUT2D eigenvalue weighted by atomic mass is 10.1. The summed E-state index contributed by atoms with van der Waals surface area (Å²) in [5, 5.41) is 8.99. The van der Waals surface area contributed by atoms with Gasteiger partial charge < -0.3 is 10.5 Å². The van der Waals surface area contributed by atoms with Crippen LogP contribution in [0.25, 0.3) is 0 Å². The molecule has 0 saturated heterocycles. The molecule has 0 unspecified atom stereocenters. The molecule has 0 aliphatic rings. The Hall–Kier alpha value is -2.06. The van der Waals surface area contributed by atoms with E-state index in [1.165, 1.54) is 7.11 Å². The van der Waals surface area contributed by atoms with E-state index in [9.17, 15) is 4.79 Å². The monoisotopic (exact) mass is 247 g/mol. The highest BCUT2D eigenvalue weighted by molar-refractivity contribution is 5.75. The molecule has 1 aromatic rings. The van der Waals surface area contributed by atoms with Gasteiger partial charge in [0, 0.05) is 6.54 Å². The zero-order valence-electron chi connectivity index (χ0n) is 10.6. The molecule has 0 bridgehead atoms. The summed E-state index contributed by atoms with van der Waals surface area (Å²) in [6, 6.07) is 7.48. The zero-order valence-corrected chi connectivity index (χ0v) is 10.6. The molecule has 0 heterocycles. The normalized spacial score (nSPS) is 10.1. The summed E-state index contributed by atoms with van der Waals surface area (Å²) in [5.74, 6) is 0.199. The molecule has 18 heavy (non-hydrogen) atoms. The average Bonchev–Trinajstić information content (AvgIpc) is 2.37. The quantitative estimate of drug-likeness (QED) is 0.809. The van der Waals surface area contributed by atoms with Crippen LogP contribution in [-0.2, 0) is 11.3 Å². The van der Waals surface area contributed by atoms with Gasteiger partial charge >= 0.3 is 0 Å². The Balaban J connectivity index is 2.84. The van der Waals surface area contributed by atoms with Crippen molar-refractivity contribution in [3.05, 3.63) is 29.3 Å². The Morgan fingerprint density at radius 1 is 1.56 bits per heavy atom. The molecule has 0 aliphatic carbocycles. The van der Waals surface area contributed by atoms with Crippen molar-refractivity contribution in [3.63, 3.8) is 0 Å². The Morgan fingerprint density at radius 3 is 2.78 bits per heavy atom. The third-order valence-electron chi connectivity index (χ3n) is 2.62. The molecule has 96 valence electrons. The van der Waals surface area contributed by atoms with E-state index >= 15 is 0 Å². The molecule has 0 atom stereocenters. The van der Waals surface area contributed by atoms with E-state index in [2.05, 4.69) is 6.07 Å². The van der Waals surface area contributed by atoms with Crippen molar-refractivity contribution in [2.45, 2.75) is 13.5 Å². The first-order valence-electron chi connectivity index (χ1n) is 5.68. The SMILES string of the molecule is CCN(CC(N)=O)Cc1ccc(OC)c(C#N)c1. The van der Waals surface area contributed by atoms with Gasteiger partial charge in [-0.15, -0.1) is 0 Å². The summed E-state index contributed by atoms with van der Waals surface area (Å²) in [6.07, 6.45) is 0. The second-order valence-corrected chi connectivity index (χ2v) is 3.92. The number of rotatable bonds is 6. The standard InChI is InChI=1S/C13H17N3O2/c1-3-16(9-13(15)17)8-10-4-5-12(18-2)11(6-10)7-14/h4-6H,3,8-9H2,1-2H3,(H2,15,17). The van der Waals surface area contributed by atoms with Crippen LogP contribution in [0.15, 0.2) is 18.2 Å². The number of nitrogens with zero attached hydrogens (tertiary/aromatic N) is 2. The summed E-state index contributed by atoms with van der Waals surface area (Å²) in [5.41, 5.74) is 6.62. The fourth-order valence-corrected chi connectivity index (χ4v) is 1.70. The molecule has 0 radical (unpaired) electrons. The highest BCUT2D eigenvalue weighted by Gasteiger charge is 2.09. The van der Waals surface area contributed by atoms with Crippen LogP contribution in [0.4, 0.5) is 0 Å². The second kappa shape index (κ2) is 6.62. The Labute approximate surface area is 107 Å². The van der Waals surface area contributed by atoms with Gasteiger partial charge in [0.1, 0.15) is 11.8 Å². The van der Waals surface area contributed by atoms with E-state index in [1.807, 2.05) is 17.9 Å². The Bertz CT molecular complexity index is 466. The number of carbonyl (C=O) groups is 1. The lowest BCUT2D eigenvalue weighted by Gasteiger charge is -2.18. The van der Waals surface area contributed by atoms with E-state index in [1.54, 1.807) is 12.1 Å². The molecule has 5 nitrogen and oxygen atoms in total. The number of carbonyl (C=O) groups excluding carboxylic acids is 1. The Kier molecular flexibility index (Phi) is 5.15. The van der Waals surface area contributed by atoms with Crippen molar-refractivity contribution < 1.29 is 9.53 Å². The van der Waals surface area contributed by atoms with Crippen LogP contribution in [0.3, 0.4) is 0 Å². The molecule has 5 heteroatoms. The molecule has 0 saturated carbocycles. The number of nitrogens with two attached hydrogens (primary N) is 1. The molecule has 1 amide bonds. The molecule has 2 N–H and O–H groups in total. The van der Waals surface area contributed by atoms with Crippen LogP contribution in [0.2, 0.25) is 0 Å². The van der Waals surface area contributed by atoms with Crippen molar-refractivity contribution in [1.29, 1.82) is 5.26 Å². The van der Waals surface area contributed by atoms with Crippen molar-refractivity contribution in [2.24, 2.45) is 5.73 Å². The van der Waals surface area contributed by atoms with E-state index in [0.717, 1.165) is 12.1 Å². The third-order valence-corrected chi connectivity index (χ3v) is 2.62. The molecule has 0 spiro atoms. The van der Waals surface area contributed by atoms with Gasteiger partial charge in [0.15, 0.2) is 0 Å². The summed E-state index contributed by atoms with van der Waals surface area (Å²) >= 11 is 0. The van der Waals surface area contributed by atoms with Crippen LogP contribution >= 0.6 is 0 Å². The number of nitriles is 1. The highest BCUT2D eigenvalue weighted by atomic mass is 16.5. The van der Waals surface area contributed by atoms with Crippen LogP contribution in [0, 0.1) is 11.3 Å². The van der Waals surface area contributed by atoms with Crippen molar-refractivity contribution in [1.82, 2.24) is 4.90 Å². The van der Waals surface area contributed by atoms with Crippen molar-refractivity contribution >= 4 is 5.91 Å². The minimum atomic E-state index is -0.356. The van der Waals surface area contributed by atoms with E-state index < -0.39 is 0 Å². The fourth-order valence-electron chi connectivity index (χ4n) is 1.70. The Morgan fingerprint density at radius 2 is 2.28 bits per heavy atom. The molecular weight excluding hydrogens is 230 g/mol. The van der Waals surface area contributed by atoms with Crippen LogP contribution in [-0.4, -0.2) is 31.0 Å². The minimum Gasteiger partial charge on any atom is -0.495 e. The first-order chi connectivity index (χ1) is 8.60. The molecule has 1 aromatic carbocycles. The smallest absolute Gasteiger partial charge is 0.231 e. The minimum absolute atomic E-state index is 0.213. The number of ether oxygens (including phenoxy) is 1. The maximum absolute atomic E-state index is 10.9. The summed E-state index contributed by atoms with van der Waals surface area (Å²) in [7, 11) is 1.53. The maximum atomic E-state index is 10.9. The van der Waals surface area contributed by atoms with Crippen LogP contribution < -0.4 is 10.5 Å². The number of primary amides is 1. The van der Waals surface area contributed by atoms with Crippen LogP contribution in [0.1, 0.15) is 18.1 Å². The molecule has 0 aliphatic heterocycles. The van der Waals surface area contributed by atoms with Gasteiger partial charge in [0.2, 0.25) is 5.91 Å². The predicted molar refractivity (Wildman–Crippen MR) is 67.9 cm³/mol. The average molecular weight is 247 g/mol. The summed E-state index contributed by atoms with van der Waals surface area (Å²) < 4.78 is 5.08. The lowest BCUT2D eigenvalue weighted by molar-refractivity contribution is -0.119. The van der Waals surface area contributed by atoms with Gasteiger partial charge in [-0.1, -0.05) is 13.0 Å². The van der Waals surface area contributed by atoms with Gasteiger partial charge in [-0.25, -0.2) is 0 Å². The van der Waals surface area contributed by atoms with Crippen molar-refractivity contribution in [3.8, 4) is 11.8 Å². The predicted octanol–water partition coefficient (Wildman–Crippen LogP) is 0.874. The number of benzene rings is 1. The number of hydrogen-bond acceptors (Lipinski definition) is 4. The lowest BCUT2D eigenvalue weighted by Crippen LogP contribution is -2.33. The number of methoxy groups -OCH3 is 1. The largest absolute Gasteiger partial charge is 0.495 e. The van der Waals surface area contributed by atoms with Gasteiger partial charge in [-0.2, -0.15) is 5.26 Å². The first kappa shape index (κ1) is 14.0. The van der Waals surface area contributed by atoms with E-state index in [4.69, 9.17) is 15.7 Å². The molecule has 1 rings (SSSR count). The van der Waals surface area contributed by atoms with E-state index in [-0.39, 0.29) is 12.5 Å². The number of amides is 1. The van der Waals surface area contributed by atoms with E-state index in [0.29, 0.717) is 17.9 Å². The number of hydrogen-bond donors (Lipinski definition) is 1. The second-order valence-electron chi connectivity index (χ2n) is 3.92. The highest BCUT2D eigenvalue weighted by Crippen LogP contribution is 2.19. The number of likely N-dealkylation sites (N-methyl/N-ethyl adjacent to an activating group) is 1. The van der Waals surface area contributed by atoms with Crippen LogP contribution in [0.5, 0.6) is 5.75 Å². The topological polar surface area (TPSA) is 79.3 Å². The van der Waals surface area contributed by atoms with Gasteiger partial charge in [0.25, 0.3) is 0 Å². The third kappa shape index (κ3) is 3.75. The molecular formula is C13H17N3O2. The van der Waals surface area contributed by atoms with Gasteiger partial charge in [-0.3, -0.25) is 9.69 Å².